The van der Waals surface area contributed by atoms with Gasteiger partial charge in [-0.1, -0.05) is 12.1 Å². The molecule has 19 heavy (non-hydrogen) atoms. The number of thioether (sulfide) groups is 1. The molecule has 0 fully saturated rings. The van der Waals surface area contributed by atoms with Crippen molar-refractivity contribution < 1.29 is 8.42 Å². The highest BCUT2D eigenvalue weighted by Gasteiger charge is 2.20. The fraction of sp³-hybridized carbons (Fsp3) is 0.538. The van der Waals surface area contributed by atoms with Crippen molar-refractivity contribution in [3.63, 3.8) is 0 Å². The molecule has 0 spiro atoms. The first-order valence-corrected chi connectivity index (χ1v) is 8.99. The largest absolute Gasteiger partial charge is 0.313 e. The van der Waals surface area contributed by atoms with Gasteiger partial charge in [-0.25, -0.2) is 12.7 Å². The fourth-order valence-corrected chi connectivity index (χ4v) is 3.36. The Morgan fingerprint density at radius 1 is 1.32 bits per heavy atom. The zero-order valence-corrected chi connectivity index (χ0v) is 13.5. The number of sulfonamides is 1. The SMILES string of the molecule is CNC(C)c1ccc(S(=O)(=O)N(C)CCSC)cc1. The molecule has 108 valence electrons. The van der Waals surface area contributed by atoms with Crippen molar-refractivity contribution in [2.24, 2.45) is 0 Å². The van der Waals surface area contributed by atoms with E-state index in [1.165, 1.54) is 4.31 Å². The Kier molecular flexibility index (Phi) is 6.32. The summed E-state index contributed by atoms with van der Waals surface area (Å²) in [6.45, 7) is 2.56. The van der Waals surface area contributed by atoms with E-state index in [0.717, 1.165) is 11.3 Å². The van der Waals surface area contributed by atoms with Crippen LogP contribution in [0, 0.1) is 0 Å². The molecule has 4 nitrogen and oxygen atoms in total. The molecule has 1 atom stereocenters. The van der Waals surface area contributed by atoms with Crippen molar-refractivity contribution in [2.75, 3.05) is 32.6 Å². The van der Waals surface area contributed by atoms with Crippen LogP contribution in [0.25, 0.3) is 0 Å². The second kappa shape index (κ2) is 7.28. The summed E-state index contributed by atoms with van der Waals surface area (Å²) in [5.74, 6) is 0.796. The van der Waals surface area contributed by atoms with E-state index in [1.54, 1.807) is 30.9 Å². The van der Waals surface area contributed by atoms with Crippen molar-refractivity contribution in [1.29, 1.82) is 0 Å². The zero-order chi connectivity index (χ0) is 14.5. The van der Waals surface area contributed by atoms with E-state index in [2.05, 4.69) is 5.32 Å². The Hall–Kier alpha value is -0.560. The monoisotopic (exact) mass is 302 g/mol. The van der Waals surface area contributed by atoms with E-state index >= 15 is 0 Å². The smallest absolute Gasteiger partial charge is 0.242 e. The minimum atomic E-state index is -3.36. The Morgan fingerprint density at radius 3 is 2.37 bits per heavy atom. The summed E-state index contributed by atoms with van der Waals surface area (Å²) < 4.78 is 26.0. The molecule has 0 aliphatic heterocycles. The van der Waals surface area contributed by atoms with Gasteiger partial charge in [0.25, 0.3) is 0 Å². The van der Waals surface area contributed by atoms with Gasteiger partial charge in [-0.15, -0.1) is 0 Å². The van der Waals surface area contributed by atoms with Crippen LogP contribution in [0.3, 0.4) is 0 Å². The molecule has 0 bridgehead atoms. The molecule has 0 aromatic heterocycles. The highest BCUT2D eigenvalue weighted by Crippen LogP contribution is 2.18. The van der Waals surface area contributed by atoms with E-state index < -0.39 is 10.0 Å². The third kappa shape index (κ3) is 4.21. The number of hydrogen-bond donors (Lipinski definition) is 1. The van der Waals surface area contributed by atoms with Crippen LogP contribution in [0.2, 0.25) is 0 Å². The van der Waals surface area contributed by atoms with E-state index in [9.17, 15) is 8.42 Å². The maximum atomic E-state index is 12.3. The molecule has 1 aromatic carbocycles. The van der Waals surface area contributed by atoms with Gasteiger partial charge in [0.15, 0.2) is 0 Å². The maximum Gasteiger partial charge on any atom is 0.242 e. The molecule has 1 unspecified atom stereocenters. The van der Waals surface area contributed by atoms with E-state index in [4.69, 9.17) is 0 Å². The minimum absolute atomic E-state index is 0.214. The molecule has 1 aromatic rings. The number of benzene rings is 1. The van der Waals surface area contributed by atoms with Crippen molar-refractivity contribution in [1.82, 2.24) is 9.62 Å². The molecule has 1 rings (SSSR count). The Morgan fingerprint density at radius 2 is 1.89 bits per heavy atom. The summed E-state index contributed by atoms with van der Waals surface area (Å²) in [4.78, 5) is 0.350. The van der Waals surface area contributed by atoms with Crippen LogP contribution in [-0.2, 0) is 10.0 Å². The van der Waals surface area contributed by atoms with Crippen LogP contribution in [0.15, 0.2) is 29.2 Å². The molecule has 0 radical (unpaired) electrons. The first-order chi connectivity index (χ1) is 8.93. The van der Waals surface area contributed by atoms with Crippen LogP contribution in [0.1, 0.15) is 18.5 Å². The lowest BCUT2D eigenvalue weighted by atomic mass is 10.1. The van der Waals surface area contributed by atoms with Gasteiger partial charge in [0.1, 0.15) is 0 Å². The number of nitrogens with one attached hydrogen (secondary N) is 1. The van der Waals surface area contributed by atoms with Gasteiger partial charge < -0.3 is 5.32 Å². The average Bonchev–Trinajstić information content (AvgIpc) is 2.43. The molecule has 0 aliphatic rings. The molecular weight excluding hydrogens is 280 g/mol. The molecule has 1 N–H and O–H groups in total. The minimum Gasteiger partial charge on any atom is -0.313 e. The summed E-state index contributed by atoms with van der Waals surface area (Å²) in [6, 6.07) is 7.28. The van der Waals surface area contributed by atoms with Crippen LogP contribution >= 0.6 is 11.8 Å². The molecule has 0 saturated heterocycles. The number of nitrogens with zero attached hydrogens (tertiary/aromatic N) is 1. The zero-order valence-electron chi connectivity index (χ0n) is 11.9. The van der Waals surface area contributed by atoms with Gasteiger partial charge in [-0.05, 0) is 37.9 Å². The van der Waals surface area contributed by atoms with Crippen LogP contribution in [-0.4, -0.2) is 45.4 Å². The summed E-state index contributed by atoms with van der Waals surface area (Å²) >= 11 is 1.64. The quantitative estimate of drug-likeness (QED) is 0.836. The lowest BCUT2D eigenvalue weighted by Crippen LogP contribution is -2.29. The summed E-state index contributed by atoms with van der Waals surface area (Å²) in [6.07, 6.45) is 1.97. The second-order valence-electron chi connectivity index (χ2n) is 4.40. The van der Waals surface area contributed by atoms with Gasteiger partial charge in [-0.3, -0.25) is 0 Å². The van der Waals surface area contributed by atoms with Crippen molar-refractivity contribution in [3.8, 4) is 0 Å². The first kappa shape index (κ1) is 16.5. The maximum absolute atomic E-state index is 12.3. The third-order valence-corrected chi connectivity index (χ3v) is 5.59. The molecule has 6 heteroatoms. The molecule has 0 heterocycles. The molecule has 0 saturated carbocycles. The van der Waals surface area contributed by atoms with Gasteiger partial charge >= 0.3 is 0 Å². The number of hydrogen-bond acceptors (Lipinski definition) is 4. The lowest BCUT2D eigenvalue weighted by molar-refractivity contribution is 0.488. The predicted octanol–water partition coefficient (Wildman–Crippen LogP) is 1.95. The lowest BCUT2D eigenvalue weighted by Gasteiger charge is -2.17. The molecular formula is C13H22N2O2S2. The average molecular weight is 302 g/mol. The molecule has 0 aliphatic carbocycles. The normalized spacial score (nSPS) is 13.7. The van der Waals surface area contributed by atoms with Crippen LogP contribution in [0.5, 0.6) is 0 Å². The second-order valence-corrected chi connectivity index (χ2v) is 7.43. The van der Waals surface area contributed by atoms with E-state index in [-0.39, 0.29) is 6.04 Å². The first-order valence-electron chi connectivity index (χ1n) is 6.16. The van der Waals surface area contributed by atoms with Gasteiger partial charge in [0.2, 0.25) is 10.0 Å². The van der Waals surface area contributed by atoms with Gasteiger partial charge in [0, 0.05) is 25.4 Å². The Balaban J connectivity index is 2.90. The highest BCUT2D eigenvalue weighted by molar-refractivity contribution is 7.98. The van der Waals surface area contributed by atoms with Crippen molar-refractivity contribution in [3.05, 3.63) is 29.8 Å². The third-order valence-electron chi connectivity index (χ3n) is 3.13. The van der Waals surface area contributed by atoms with E-state index in [0.29, 0.717) is 11.4 Å². The predicted molar refractivity (Wildman–Crippen MR) is 82.1 cm³/mol. The highest BCUT2D eigenvalue weighted by atomic mass is 32.2. The van der Waals surface area contributed by atoms with Gasteiger partial charge in [-0.2, -0.15) is 11.8 Å². The topological polar surface area (TPSA) is 49.4 Å². The van der Waals surface area contributed by atoms with Crippen molar-refractivity contribution >= 4 is 21.8 Å². The fourth-order valence-electron chi connectivity index (χ4n) is 1.62. The summed E-state index contributed by atoms with van der Waals surface area (Å²) in [5, 5.41) is 3.13. The van der Waals surface area contributed by atoms with E-state index in [1.807, 2.05) is 32.4 Å². The molecule has 0 amide bonds. The summed E-state index contributed by atoms with van der Waals surface area (Å²) in [5.41, 5.74) is 1.08. The van der Waals surface area contributed by atoms with Gasteiger partial charge in [0.05, 0.1) is 4.90 Å². The Labute approximate surface area is 120 Å². The number of rotatable bonds is 7. The Bertz CT molecular complexity index is 486. The van der Waals surface area contributed by atoms with Crippen LogP contribution in [0.4, 0.5) is 0 Å². The summed E-state index contributed by atoms with van der Waals surface area (Å²) in [7, 11) is 0.140. The standard InChI is InChI=1S/C13H22N2O2S2/c1-11(14-2)12-5-7-13(8-6-12)19(16,17)15(3)9-10-18-4/h5-8,11,14H,9-10H2,1-4H3. The van der Waals surface area contributed by atoms with Crippen molar-refractivity contribution in [2.45, 2.75) is 17.9 Å². The van der Waals surface area contributed by atoms with Crippen LogP contribution < -0.4 is 5.32 Å².